The Hall–Kier alpha value is -2.83. The van der Waals surface area contributed by atoms with Gasteiger partial charge in [0.25, 0.3) is 11.8 Å². The molecule has 6 heterocycles. The van der Waals surface area contributed by atoms with Crippen molar-refractivity contribution in [3.63, 3.8) is 0 Å². The molecule has 6 aliphatic rings. The molecule has 5 N–H and O–H groups in total. The van der Waals surface area contributed by atoms with E-state index in [0.717, 1.165) is 4.90 Å². The van der Waals surface area contributed by atoms with E-state index < -0.39 is 58.5 Å². The van der Waals surface area contributed by atoms with E-state index in [1.54, 1.807) is 0 Å². The molecule has 6 saturated heterocycles. The Kier molecular flexibility index (Phi) is 14.2. The van der Waals surface area contributed by atoms with Crippen LogP contribution in [0.1, 0.15) is 53.4 Å². The summed E-state index contributed by atoms with van der Waals surface area (Å²) < 4.78 is 36.2. The number of piperidine rings is 2. The van der Waals surface area contributed by atoms with Gasteiger partial charge in [-0.05, 0) is 25.7 Å². The Morgan fingerprint density at radius 2 is 1.23 bits per heavy atom. The molecular weight excluding hydrogens is 663 g/mol. The van der Waals surface area contributed by atoms with Crippen LogP contribution >= 0.6 is 0 Å². The van der Waals surface area contributed by atoms with E-state index in [4.69, 9.17) is 9.68 Å². The van der Waals surface area contributed by atoms with E-state index in [1.807, 2.05) is 0 Å². The molecule has 0 aliphatic carbocycles. The summed E-state index contributed by atoms with van der Waals surface area (Å²) in [4.78, 5) is 82.9. The quantitative estimate of drug-likeness (QED) is 0.0520. The van der Waals surface area contributed by atoms with Gasteiger partial charge in [-0.2, -0.15) is 9.35 Å². The average molecular weight is 703 g/mol. The van der Waals surface area contributed by atoms with Crippen molar-refractivity contribution in [3.8, 4) is 0 Å². The summed E-state index contributed by atoms with van der Waals surface area (Å²) in [5, 5.41) is 15.9. The van der Waals surface area contributed by atoms with Crippen LogP contribution in [0.4, 0.5) is 9.59 Å². The van der Waals surface area contributed by atoms with Gasteiger partial charge in [0, 0.05) is 26.2 Å². The average Bonchev–Trinajstić information content (AvgIpc) is 3.71. The SMILES string of the molecule is C.C.O=C1C[C@@H](ONC(=O)[C@@H]2CC[C@@H]3CN2C(=O)N3O)CN1.O=C1C[C@@H](ONC(=O)[C@@H]2CC[C@@H]3CN2C(=O)N3OS(=O)(=O)[O-])CN1.[Na+]. The van der Waals surface area contributed by atoms with Crippen molar-refractivity contribution < 1.29 is 90.5 Å². The zero-order valence-corrected chi connectivity index (χ0v) is 26.9. The van der Waals surface area contributed by atoms with Gasteiger partial charge in [0.05, 0.1) is 24.9 Å². The molecule has 23 heteroatoms. The van der Waals surface area contributed by atoms with Gasteiger partial charge in [-0.25, -0.2) is 34.0 Å². The van der Waals surface area contributed by atoms with Crippen molar-refractivity contribution in [2.75, 3.05) is 26.2 Å². The maximum Gasteiger partial charge on any atom is 1.00 e. The van der Waals surface area contributed by atoms with Crippen LogP contribution in [0, 0.1) is 0 Å². The molecule has 0 aromatic rings. The number of amides is 8. The van der Waals surface area contributed by atoms with E-state index in [0.29, 0.717) is 42.5 Å². The van der Waals surface area contributed by atoms with Crippen molar-refractivity contribution in [2.24, 2.45) is 0 Å². The van der Waals surface area contributed by atoms with Crippen LogP contribution in [0.5, 0.6) is 0 Å². The van der Waals surface area contributed by atoms with E-state index in [-0.39, 0.29) is 101 Å². The first kappa shape index (κ1) is 40.3. The molecule has 0 radical (unpaired) electrons. The van der Waals surface area contributed by atoms with Gasteiger partial charge in [-0.15, -0.1) is 0 Å². The monoisotopic (exact) mass is 702 g/mol. The number of carbonyl (C=O) groups is 6. The smallest absolute Gasteiger partial charge is 0.724 e. The zero-order chi connectivity index (χ0) is 31.8. The summed E-state index contributed by atoms with van der Waals surface area (Å²) in [7, 11) is -5.08. The van der Waals surface area contributed by atoms with Crippen LogP contribution in [0.3, 0.4) is 0 Å². The first-order valence-corrected chi connectivity index (χ1v) is 15.1. The fourth-order valence-corrected chi connectivity index (χ4v) is 6.15. The van der Waals surface area contributed by atoms with Crippen LogP contribution in [0.25, 0.3) is 0 Å². The maximum atomic E-state index is 12.2. The molecule has 0 saturated carbocycles. The molecular formula is C24H39N8NaO13S. The Bertz CT molecular complexity index is 1330. The summed E-state index contributed by atoms with van der Waals surface area (Å²) in [6.45, 7) is 1.04. The number of hydroxylamine groups is 6. The largest absolute Gasteiger partial charge is 1.00 e. The second-order valence-corrected chi connectivity index (χ2v) is 11.9. The number of rotatable bonds is 8. The minimum Gasteiger partial charge on any atom is -0.724 e. The normalized spacial score (nSPS) is 29.1. The Balaban J connectivity index is 0.000000311. The predicted octanol–water partition coefficient (Wildman–Crippen LogP) is -5.56. The second-order valence-electron chi connectivity index (χ2n) is 10.9. The van der Waals surface area contributed by atoms with Crippen molar-refractivity contribution >= 4 is 46.1 Å². The summed E-state index contributed by atoms with van der Waals surface area (Å²) in [6.07, 6.45) is 1.05. The Morgan fingerprint density at radius 3 is 1.68 bits per heavy atom. The van der Waals surface area contributed by atoms with Crippen molar-refractivity contribution in [2.45, 2.75) is 89.8 Å². The van der Waals surface area contributed by atoms with Gasteiger partial charge in [0.15, 0.2) is 0 Å². The third-order valence-corrected chi connectivity index (χ3v) is 8.32. The van der Waals surface area contributed by atoms with E-state index in [1.165, 1.54) is 4.90 Å². The summed E-state index contributed by atoms with van der Waals surface area (Å²) in [5.74, 6) is -1.31. The van der Waals surface area contributed by atoms with Crippen molar-refractivity contribution in [1.29, 1.82) is 0 Å². The molecule has 0 aromatic heterocycles. The molecule has 8 amide bonds. The van der Waals surface area contributed by atoms with Gasteiger partial charge >= 0.3 is 41.6 Å². The van der Waals surface area contributed by atoms with Crippen molar-refractivity contribution in [3.05, 3.63) is 0 Å². The summed E-state index contributed by atoms with van der Waals surface area (Å²) in [6, 6.07) is -3.77. The number of carbonyl (C=O) groups excluding carboxylic acids is 6. The maximum absolute atomic E-state index is 12.2. The fourth-order valence-electron chi connectivity index (χ4n) is 5.77. The molecule has 6 atom stereocenters. The number of hydrogen-bond acceptors (Lipinski definition) is 13. The van der Waals surface area contributed by atoms with Crippen molar-refractivity contribution in [1.82, 2.24) is 41.5 Å². The summed E-state index contributed by atoms with van der Waals surface area (Å²) >= 11 is 0. The Labute approximate surface area is 293 Å². The third kappa shape index (κ3) is 9.41. The number of nitrogens with zero attached hydrogens (tertiary/aromatic N) is 4. The molecule has 0 unspecified atom stereocenters. The molecule has 260 valence electrons. The first-order valence-electron chi connectivity index (χ1n) is 13.8. The number of fused-ring (bicyclic) bond motifs is 4. The number of urea groups is 2. The van der Waals surface area contributed by atoms with Gasteiger partial charge in [-0.3, -0.25) is 34.1 Å². The zero-order valence-electron chi connectivity index (χ0n) is 24.1. The number of hydrogen-bond donors (Lipinski definition) is 5. The standard InChI is InChI=1S/C11H16N4O8S.C11H16N4O5.2CH4.Na/c16-9-3-7(4-12-9)22-13-10(17)8-2-1-6-5-14(8)11(18)15(6)23-24(19,20)21;16-9-3-7(4-12-9)20-13-10(17)8-2-1-6-5-14(8)11(18)15(6)19;;;/h6-8H,1-5H2,(H,12,16)(H,13,17)(H,19,20,21);6-8,19H,1-5H2,(H,12,16)(H,13,17);2*1H4;/q;;;;+1/p-1/t2*6-,7-,8+;;;/m11.../s1. The minimum absolute atomic E-state index is 0. The van der Waals surface area contributed by atoms with E-state index >= 15 is 0 Å². The predicted molar refractivity (Wildman–Crippen MR) is 149 cm³/mol. The molecule has 6 aliphatic heterocycles. The van der Waals surface area contributed by atoms with Crippen LogP contribution in [-0.2, 0) is 43.5 Å². The van der Waals surface area contributed by atoms with Crippen LogP contribution in [-0.4, -0.2) is 136 Å². The molecule has 21 nitrogen and oxygen atoms in total. The van der Waals surface area contributed by atoms with Gasteiger partial charge in [0.2, 0.25) is 22.2 Å². The molecule has 4 bridgehead atoms. The van der Waals surface area contributed by atoms with Crippen LogP contribution < -0.4 is 51.2 Å². The molecule has 0 spiro atoms. The van der Waals surface area contributed by atoms with Gasteiger partial charge in [0.1, 0.15) is 24.3 Å². The van der Waals surface area contributed by atoms with Gasteiger partial charge in [-0.1, -0.05) is 14.9 Å². The van der Waals surface area contributed by atoms with E-state index in [2.05, 4.69) is 25.9 Å². The topological polar surface area (TPSA) is 269 Å². The minimum atomic E-state index is -5.08. The molecule has 6 fully saturated rings. The molecule has 0 aromatic carbocycles. The third-order valence-electron chi connectivity index (χ3n) is 7.98. The first-order chi connectivity index (χ1) is 20.8. The van der Waals surface area contributed by atoms with Crippen LogP contribution in [0.2, 0.25) is 0 Å². The number of nitrogens with one attached hydrogen (secondary N) is 4. The van der Waals surface area contributed by atoms with Crippen LogP contribution in [0.15, 0.2) is 0 Å². The van der Waals surface area contributed by atoms with E-state index in [9.17, 15) is 46.9 Å². The molecule has 6 rings (SSSR count). The summed E-state index contributed by atoms with van der Waals surface area (Å²) in [5.41, 5.74) is 4.52. The Morgan fingerprint density at radius 1 is 0.787 bits per heavy atom. The van der Waals surface area contributed by atoms with Gasteiger partial charge < -0.3 is 25.0 Å². The second kappa shape index (κ2) is 16.5. The fraction of sp³-hybridized carbons (Fsp3) is 0.750. The molecule has 47 heavy (non-hydrogen) atoms.